The quantitative estimate of drug-likeness (QED) is 0.831. The third-order valence-electron chi connectivity index (χ3n) is 2.87. The highest BCUT2D eigenvalue weighted by atomic mass is 32.2. The summed E-state index contributed by atoms with van der Waals surface area (Å²) in [6.45, 7) is 2.03. The second kappa shape index (κ2) is 6.54. The number of nitrogens with zero attached hydrogens (tertiary/aromatic N) is 1. The van der Waals surface area contributed by atoms with Gasteiger partial charge in [0, 0.05) is 24.4 Å². The summed E-state index contributed by atoms with van der Waals surface area (Å²) in [6, 6.07) is 5.30. The van der Waals surface area contributed by atoms with E-state index >= 15 is 0 Å². The number of hydrogen-bond acceptors (Lipinski definition) is 4. The van der Waals surface area contributed by atoms with Crippen LogP contribution >= 0.6 is 11.8 Å². The van der Waals surface area contributed by atoms with E-state index < -0.39 is 0 Å². The Bertz CT molecular complexity index is 423. The lowest BCUT2D eigenvalue weighted by molar-refractivity contribution is 0.0757. The van der Waals surface area contributed by atoms with Crippen molar-refractivity contribution in [1.82, 2.24) is 4.90 Å². The molecule has 0 heterocycles. The van der Waals surface area contributed by atoms with Crippen molar-refractivity contribution in [2.45, 2.75) is 13.0 Å². The van der Waals surface area contributed by atoms with Gasteiger partial charge in [-0.2, -0.15) is 11.8 Å². The van der Waals surface area contributed by atoms with E-state index in [1.165, 1.54) is 0 Å². The molecule has 0 aliphatic rings. The number of methoxy groups -OCH3 is 1. The largest absolute Gasteiger partial charge is 0.495 e. The van der Waals surface area contributed by atoms with E-state index in [0.29, 0.717) is 17.0 Å². The number of ether oxygens (including phenoxy) is 1. The number of amides is 1. The minimum atomic E-state index is -0.0223. The molecule has 0 saturated carbocycles. The zero-order chi connectivity index (χ0) is 13.7. The number of carbonyl (C=O) groups excluding carboxylic acids is 1. The lowest BCUT2D eigenvalue weighted by Gasteiger charge is -2.24. The van der Waals surface area contributed by atoms with Crippen LogP contribution in [0.2, 0.25) is 0 Å². The van der Waals surface area contributed by atoms with Crippen molar-refractivity contribution in [2.75, 3.05) is 31.9 Å². The van der Waals surface area contributed by atoms with Crippen molar-refractivity contribution < 1.29 is 9.53 Å². The minimum absolute atomic E-state index is 0.0223. The lowest BCUT2D eigenvalue weighted by atomic mass is 10.1. The number of nitrogen functional groups attached to an aromatic ring is 1. The van der Waals surface area contributed by atoms with E-state index in [2.05, 4.69) is 0 Å². The first-order valence-corrected chi connectivity index (χ1v) is 7.10. The monoisotopic (exact) mass is 268 g/mol. The molecule has 4 nitrogen and oxygen atoms in total. The first-order valence-electron chi connectivity index (χ1n) is 5.70. The van der Waals surface area contributed by atoms with Crippen LogP contribution in [-0.2, 0) is 0 Å². The van der Waals surface area contributed by atoms with Crippen molar-refractivity contribution in [1.29, 1.82) is 0 Å². The summed E-state index contributed by atoms with van der Waals surface area (Å²) in [6.07, 6.45) is 2.03. The standard InChI is InChI=1S/C13H20N2O2S/c1-9(8-18-4)15(2)13(16)10-5-6-12(17-3)11(14)7-10/h5-7,9H,8,14H2,1-4H3. The van der Waals surface area contributed by atoms with Crippen LogP contribution in [0.1, 0.15) is 17.3 Å². The molecule has 0 radical (unpaired) electrons. The van der Waals surface area contributed by atoms with E-state index in [4.69, 9.17) is 10.5 Å². The topological polar surface area (TPSA) is 55.6 Å². The molecule has 0 spiro atoms. The van der Waals surface area contributed by atoms with Crippen molar-refractivity contribution in [2.24, 2.45) is 0 Å². The summed E-state index contributed by atoms with van der Waals surface area (Å²) < 4.78 is 5.07. The molecule has 5 heteroatoms. The fourth-order valence-electron chi connectivity index (χ4n) is 1.62. The van der Waals surface area contributed by atoms with Crippen LogP contribution < -0.4 is 10.5 Å². The predicted octanol–water partition coefficient (Wildman–Crippen LogP) is 2.10. The number of hydrogen-bond donors (Lipinski definition) is 1. The molecule has 0 fully saturated rings. The molecule has 0 aliphatic heterocycles. The third kappa shape index (κ3) is 3.32. The summed E-state index contributed by atoms with van der Waals surface area (Å²) in [7, 11) is 3.36. The molecule has 0 saturated heterocycles. The van der Waals surface area contributed by atoms with Gasteiger partial charge in [0.15, 0.2) is 0 Å². The van der Waals surface area contributed by atoms with Gasteiger partial charge in [0.05, 0.1) is 12.8 Å². The van der Waals surface area contributed by atoms with E-state index in [0.717, 1.165) is 5.75 Å². The lowest BCUT2D eigenvalue weighted by Crippen LogP contribution is -2.36. The Balaban J connectivity index is 2.87. The molecule has 1 unspecified atom stereocenters. The smallest absolute Gasteiger partial charge is 0.253 e. The van der Waals surface area contributed by atoms with Gasteiger partial charge in [0.2, 0.25) is 0 Å². The number of benzene rings is 1. The maximum absolute atomic E-state index is 12.2. The Morgan fingerprint density at radius 2 is 2.22 bits per heavy atom. The summed E-state index contributed by atoms with van der Waals surface area (Å²) in [5.74, 6) is 1.48. The van der Waals surface area contributed by atoms with Crippen LogP contribution in [-0.4, -0.2) is 43.0 Å². The van der Waals surface area contributed by atoms with Gasteiger partial charge in [0.25, 0.3) is 5.91 Å². The molecule has 100 valence electrons. The van der Waals surface area contributed by atoms with Crippen molar-refractivity contribution in [3.8, 4) is 5.75 Å². The highest BCUT2D eigenvalue weighted by Gasteiger charge is 2.17. The average Bonchev–Trinajstić information content (AvgIpc) is 2.37. The first-order chi connectivity index (χ1) is 8.51. The Labute approximate surface area is 112 Å². The highest BCUT2D eigenvalue weighted by molar-refractivity contribution is 7.98. The average molecular weight is 268 g/mol. The van der Waals surface area contributed by atoms with Gasteiger partial charge >= 0.3 is 0 Å². The summed E-state index contributed by atoms with van der Waals surface area (Å²) in [5.41, 5.74) is 6.87. The molecule has 0 bridgehead atoms. The van der Waals surface area contributed by atoms with Gasteiger partial charge in [-0.15, -0.1) is 0 Å². The maximum Gasteiger partial charge on any atom is 0.253 e. The zero-order valence-corrected chi connectivity index (χ0v) is 12.1. The van der Waals surface area contributed by atoms with Crippen LogP contribution in [0.25, 0.3) is 0 Å². The Morgan fingerprint density at radius 3 is 2.72 bits per heavy atom. The number of carbonyl (C=O) groups is 1. The van der Waals surface area contributed by atoms with E-state index in [9.17, 15) is 4.79 Å². The van der Waals surface area contributed by atoms with E-state index in [1.807, 2.05) is 20.2 Å². The van der Waals surface area contributed by atoms with Crippen LogP contribution in [0.15, 0.2) is 18.2 Å². The molecule has 2 N–H and O–H groups in total. The van der Waals surface area contributed by atoms with Gasteiger partial charge in [-0.1, -0.05) is 0 Å². The van der Waals surface area contributed by atoms with Gasteiger partial charge in [-0.25, -0.2) is 0 Å². The molecule has 18 heavy (non-hydrogen) atoms. The summed E-state index contributed by atoms with van der Waals surface area (Å²) in [5, 5.41) is 0. The van der Waals surface area contributed by atoms with Gasteiger partial charge in [0.1, 0.15) is 5.75 Å². The second-order valence-corrected chi connectivity index (χ2v) is 5.09. The molecule has 1 aromatic rings. The fraction of sp³-hybridized carbons (Fsp3) is 0.462. The summed E-state index contributed by atoms with van der Waals surface area (Å²) >= 11 is 1.72. The predicted molar refractivity (Wildman–Crippen MR) is 77.3 cm³/mol. The molecular weight excluding hydrogens is 248 g/mol. The molecule has 1 atom stereocenters. The molecule has 0 aromatic heterocycles. The molecule has 1 aromatic carbocycles. The van der Waals surface area contributed by atoms with Gasteiger partial charge in [-0.05, 0) is 31.4 Å². The Hall–Kier alpha value is -1.36. The third-order valence-corrected chi connectivity index (χ3v) is 3.68. The number of nitrogens with two attached hydrogens (primary N) is 1. The molecule has 0 aliphatic carbocycles. The number of rotatable bonds is 5. The van der Waals surface area contributed by atoms with Crippen molar-refractivity contribution in [3.63, 3.8) is 0 Å². The normalized spacial score (nSPS) is 12.0. The number of thioether (sulfide) groups is 1. The van der Waals surface area contributed by atoms with E-state index in [1.54, 1.807) is 42.0 Å². The first kappa shape index (κ1) is 14.7. The molecule has 1 rings (SSSR count). The SMILES string of the molecule is COc1ccc(C(=O)N(C)C(C)CSC)cc1N. The fourth-order valence-corrected chi connectivity index (χ4v) is 2.33. The van der Waals surface area contributed by atoms with E-state index in [-0.39, 0.29) is 11.9 Å². The minimum Gasteiger partial charge on any atom is -0.495 e. The molecule has 1 amide bonds. The van der Waals surface area contributed by atoms with Crippen molar-refractivity contribution >= 4 is 23.4 Å². The van der Waals surface area contributed by atoms with Crippen molar-refractivity contribution in [3.05, 3.63) is 23.8 Å². The van der Waals surface area contributed by atoms with Crippen LogP contribution in [0.5, 0.6) is 5.75 Å². The van der Waals surface area contributed by atoms with Gasteiger partial charge < -0.3 is 15.4 Å². The summed E-state index contributed by atoms with van der Waals surface area (Å²) in [4.78, 5) is 14.0. The Kier molecular flexibility index (Phi) is 5.34. The molecular formula is C13H20N2O2S. The van der Waals surface area contributed by atoms with Crippen LogP contribution in [0.3, 0.4) is 0 Å². The Morgan fingerprint density at radius 1 is 1.56 bits per heavy atom. The van der Waals surface area contributed by atoms with Gasteiger partial charge in [-0.3, -0.25) is 4.79 Å². The second-order valence-electron chi connectivity index (χ2n) is 4.18. The van der Waals surface area contributed by atoms with Crippen LogP contribution in [0, 0.1) is 0 Å². The maximum atomic E-state index is 12.2. The zero-order valence-electron chi connectivity index (χ0n) is 11.3. The number of anilines is 1. The highest BCUT2D eigenvalue weighted by Crippen LogP contribution is 2.22. The van der Waals surface area contributed by atoms with Crippen LogP contribution in [0.4, 0.5) is 5.69 Å².